The van der Waals surface area contributed by atoms with Gasteiger partial charge in [-0.3, -0.25) is 0 Å². The third kappa shape index (κ3) is 2.87. The van der Waals surface area contributed by atoms with Gasteiger partial charge in [0, 0.05) is 0 Å². The van der Waals surface area contributed by atoms with E-state index in [0.29, 0.717) is 20.0 Å². The molecule has 1 saturated heterocycles. The molecule has 1 fully saturated rings. The van der Waals surface area contributed by atoms with Crippen LogP contribution in [0, 0.1) is 0 Å². The number of esters is 1. The topological polar surface area (TPSA) is 54.0 Å². The van der Waals surface area contributed by atoms with Crippen LogP contribution in [0.4, 0.5) is 0 Å². The minimum Gasteiger partial charge on any atom is -0.462 e. The van der Waals surface area contributed by atoms with Gasteiger partial charge in [0.1, 0.15) is 13.2 Å². The van der Waals surface area contributed by atoms with E-state index in [9.17, 15) is 4.79 Å². The molecule has 2 aliphatic rings. The Bertz CT molecular complexity index is 332. The summed E-state index contributed by atoms with van der Waals surface area (Å²) in [6.07, 6.45) is 0. The van der Waals surface area contributed by atoms with Gasteiger partial charge >= 0.3 is 5.97 Å². The van der Waals surface area contributed by atoms with E-state index in [1.807, 2.05) is 24.3 Å². The fraction of sp³-hybridized carbons (Fsp3) is 0.364. The van der Waals surface area contributed by atoms with Crippen molar-refractivity contribution in [2.45, 2.75) is 0 Å². The number of carbonyl (C=O) groups is 1. The van der Waals surface area contributed by atoms with Gasteiger partial charge in [0.05, 0.1) is 6.61 Å². The first-order valence-corrected chi connectivity index (χ1v) is 4.94. The van der Waals surface area contributed by atoms with Crippen LogP contribution >= 0.6 is 0 Å². The maximum atomic E-state index is 10.1. The number of fused-ring (bicyclic) bond motifs is 1. The summed E-state index contributed by atoms with van der Waals surface area (Å²) in [4.78, 5) is 10.1. The first kappa shape index (κ1) is 10.8. The van der Waals surface area contributed by atoms with Crippen LogP contribution in [-0.2, 0) is 14.3 Å². The molecule has 1 aromatic rings. The maximum absolute atomic E-state index is 10.1. The number of cyclic esters (lactones) is 1. The minimum atomic E-state index is -0.258. The third-order valence-corrected chi connectivity index (χ3v) is 1.99. The van der Waals surface area contributed by atoms with Crippen LogP contribution in [0.2, 0.25) is 0 Å². The average molecular weight is 224 g/mol. The first-order chi connectivity index (χ1) is 7.86. The highest BCUT2D eigenvalue weighted by atomic mass is 16.7. The van der Waals surface area contributed by atoms with Crippen LogP contribution in [0.3, 0.4) is 0 Å². The smallest absolute Gasteiger partial charge is 0.332 e. The molecule has 86 valence electrons. The molecule has 0 atom stereocenters. The predicted molar refractivity (Wildman–Crippen MR) is 54.3 cm³/mol. The molecule has 0 N–H and O–H groups in total. The fourth-order valence-electron chi connectivity index (χ4n) is 1.26. The zero-order valence-electron chi connectivity index (χ0n) is 8.68. The lowest BCUT2D eigenvalue weighted by Crippen LogP contribution is -2.22. The maximum Gasteiger partial charge on any atom is 0.332 e. The second-order valence-electron chi connectivity index (χ2n) is 3.13. The first-order valence-electron chi connectivity index (χ1n) is 4.94. The van der Waals surface area contributed by atoms with E-state index in [-0.39, 0.29) is 12.6 Å². The molecule has 0 aliphatic carbocycles. The van der Waals surface area contributed by atoms with Crippen molar-refractivity contribution in [3.05, 3.63) is 24.3 Å². The fourth-order valence-corrected chi connectivity index (χ4v) is 1.26. The van der Waals surface area contributed by atoms with E-state index in [0.717, 1.165) is 11.5 Å². The zero-order chi connectivity index (χ0) is 11.2. The Morgan fingerprint density at radius 2 is 1.62 bits per heavy atom. The Morgan fingerprint density at radius 1 is 0.938 bits per heavy atom. The third-order valence-electron chi connectivity index (χ3n) is 1.99. The quantitative estimate of drug-likeness (QED) is 0.615. The van der Waals surface area contributed by atoms with Gasteiger partial charge in [0.15, 0.2) is 11.5 Å². The zero-order valence-corrected chi connectivity index (χ0v) is 8.68. The highest BCUT2D eigenvalue weighted by molar-refractivity contribution is 5.71. The molecule has 0 spiro atoms. The van der Waals surface area contributed by atoms with Gasteiger partial charge in [0.2, 0.25) is 6.79 Å². The lowest BCUT2D eigenvalue weighted by Gasteiger charge is -2.09. The van der Waals surface area contributed by atoms with Crippen molar-refractivity contribution in [2.75, 3.05) is 26.6 Å². The van der Waals surface area contributed by atoms with E-state index in [1.165, 1.54) is 0 Å². The van der Waals surface area contributed by atoms with Gasteiger partial charge in [-0.25, -0.2) is 4.79 Å². The lowest BCUT2D eigenvalue weighted by atomic mass is 10.3. The van der Waals surface area contributed by atoms with Crippen LogP contribution in [-0.4, -0.2) is 32.6 Å². The molecular weight excluding hydrogens is 212 g/mol. The normalized spacial score (nSPS) is 17.1. The molecule has 1 aromatic carbocycles. The lowest BCUT2D eigenvalue weighted by molar-refractivity contribution is -0.159. The van der Waals surface area contributed by atoms with Crippen LogP contribution in [0.5, 0.6) is 11.5 Å². The number of hydrogen-bond donors (Lipinski definition) is 0. The molecule has 5 heteroatoms. The number of ether oxygens (including phenoxy) is 4. The summed E-state index contributed by atoms with van der Waals surface area (Å²) in [6.45, 7) is 1.45. The standard InChI is InChI=1S/C7H6O2.C4H6O3/c1-2-4-7-6(3-1)8-5-9-7;5-4-3-6-1-2-7-4/h1-4H,5H2;1-3H2. The Balaban J connectivity index is 0.000000125. The largest absolute Gasteiger partial charge is 0.462 e. The molecule has 0 saturated carbocycles. The molecule has 3 rings (SSSR count). The summed E-state index contributed by atoms with van der Waals surface area (Å²) in [7, 11) is 0. The SMILES string of the molecule is O=C1COCCO1.c1ccc2c(c1)OCO2. The van der Waals surface area contributed by atoms with Gasteiger partial charge in [0.25, 0.3) is 0 Å². The summed E-state index contributed by atoms with van der Waals surface area (Å²) < 4.78 is 19.4. The summed E-state index contributed by atoms with van der Waals surface area (Å²) in [5.41, 5.74) is 0. The number of hydrogen-bond acceptors (Lipinski definition) is 5. The summed E-state index contributed by atoms with van der Waals surface area (Å²) in [5.74, 6) is 1.43. The van der Waals surface area contributed by atoms with Gasteiger partial charge in [-0.2, -0.15) is 0 Å². The Morgan fingerprint density at radius 3 is 2.06 bits per heavy atom. The molecule has 16 heavy (non-hydrogen) atoms. The van der Waals surface area contributed by atoms with Gasteiger partial charge in [-0.15, -0.1) is 0 Å². The predicted octanol–water partition coefficient (Wildman–Crippen LogP) is 0.975. The second-order valence-corrected chi connectivity index (χ2v) is 3.13. The Labute approximate surface area is 92.9 Å². The van der Waals surface area contributed by atoms with Gasteiger partial charge < -0.3 is 18.9 Å². The van der Waals surface area contributed by atoms with Crippen LogP contribution in [0.25, 0.3) is 0 Å². The van der Waals surface area contributed by atoms with Crippen molar-refractivity contribution < 1.29 is 23.7 Å². The van der Waals surface area contributed by atoms with Gasteiger partial charge in [-0.1, -0.05) is 12.1 Å². The van der Waals surface area contributed by atoms with Gasteiger partial charge in [-0.05, 0) is 12.1 Å². The van der Waals surface area contributed by atoms with E-state index in [4.69, 9.17) is 14.2 Å². The van der Waals surface area contributed by atoms with Crippen LogP contribution in [0.1, 0.15) is 0 Å². The summed E-state index contributed by atoms with van der Waals surface area (Å²) in [5, 5.41) is 0. The number of benzene rings is 1. The Kier molecular flexibility index (Phi) is 3.61. The van der Waals surface area contributed by atoms with E-state index in [2.05, 4.69) is 4.74 Å². The number of rotatable bonds is 0. The van der Waals surface area contributed by atoms with Crippen LogP contribution in [0.15, 0.2) is 24.3 Å². The molecule has 2 aliphatic heterocycles. The molecule has 0 radical (unpaired) electrons. The van der Waals surface area contributed by atoms with Crippen molar-refractivity contribution >= 4 is 5.97 Å². The minimum absolute atomic E-state index is 0.125. The molecule has 5 nitrogen and oxygen atoms in total. The highest BCUT2D eigenvalue weighted by Crippen LogP contribution is 2.30. The van der Waals surface area contributed by atoms with E-state index in [1.54, 1.807) is 0 Å². The van der Waals surface area contributed by atoms with E-state index >= 15 is 0 Å². The molecule has 2 heterocycles. The Hall–Kier alpha value is -1.75. The number of para-hydroxylation sites is 2. The summed E-state index contributed by atoms with van der Waals surface area (Å²) in [6, 6.07) is 7.63. The average Bonchev–Trinajstić information content (AvgIpc) is 2.79. The number of carbonyl (C=O) groups excluding carboxylic acids is 1. The second kappa shape index (κ2) is 5.37. The molecule has 0 bridgehead atoms. The van der Waals surface area contributed by atoms with Crippen molar-refractivity contribution in [1.82, 2.24) is 0 Å². The van der Waals surface area contributed by atoms with Crippen molar-refractivity contribution in [2.24, 2.45) is 0 Å². The van der Waals surface area contributed by atoms with Crippen molar-refractivity contribution in [3.8, 4) is 11.5 Å². The molecule has 0 aromatic heterocycles. The van der Waals surface area contributed by atoms with E-state index < -0.39 is 0 Å². The molecule has 0 unspecified atom stereocenters. The van der Waals surface area contributed by atoms with Crippen LogP contribution < -0.4 is 9.47 Å². The highest BCUT2D eigenvalue weighted by Gasteiger charge is 2.09. The molecular formula is C11H12O5. The monoisotopic (exact) mass is 224 g/mol. The summed E-state index contributed by atoms with van der Waals surface area (Å²) >= 11 is 0. The van der Waals surface area contributed by atoms with Crippen molar-refractivity contribution in [1.29, 1.82) is 0 Å². The molecule has 0 amide bonds. The van der Waals surface area contributed by atoms with Crippen molar-refractivity contribution in [3.63, 3.8) is 0 Å².